The van der Waals surface area contributed by atoms with E-state index in [9.17, 15) is 22.8 Å². The molecule has 1 saturated heterocycles. The number of furan rings is 1. The van der Waals surface area contributed by atoms with E-state index in [0.717, 1.165) is 12.1 Å². The van der Waals surface area contributed by atoms with E-state index in [2.05, 4.69) is 0 Å². The molecule has 8 heteroatoms. The number of nitrogens with zero attached hydrogens (tertiary/aromatic N) is 1. The fourth-order valence-corrected chi connectivity index (χ4v) is 3.30. The lowest BCUT2D eigenvalue weighted by Gasteiger charge is -2.31. The number of hydrogen-bond acceptors (Lipinski definition) is 4. The molecule has 0 saturated carbocycles. The predicted molar refractivity (Wildman–Crippen MR) is 93.8 cm³/mol. The number of halogens is 3. The second-order valence-electron chi connectivity index (χ2n) is 6.73. The Labute approximate surface area is 160 Å². The van der Waals surface area contributed by atoms with Gasteiger partial charge >= 0.3 is 6.18 Å². The Morgan fingerprint density at radius 2 is 1.89 bits per heavy atom. The molecule has 1 aromatic heterocycles. The number of rotatable bonds is 5. The van der Waals surface area contributed by atoms with Crippen molar-refractivity contribution in [1.29, 1.82) is 0 Å². The van der Waals surface area contributed by atoms with Crippen molar-refractivity contribution in [3.05, 3.63) is 59.0 Å². The van der Waals surface area contributed by atoms with Crippen LogP contribution >= 0.6 is 0 Å². The topological polar surface area (TPSA) is 59.8 Å². The number of ether oxygens (including phenoxy) is 1. The molecule has 1 aromatic carbocycles. The van der Waals surface area contributed by atoms with Crippen LogP contribution in [-0.2, 0) is 17.5 Å². The maximum absolute atomic E-state index is 12.7. The SMILES string of the molecule is COCc1ccc(C(=O)N2CCC[C@H](C(=O)c3ccc(C(F)(F)F)cc3)C2)o1. The normalized spacial score (nSPS) is 17.6. The molecule has 2 heterocycles. The Morgan fingerprint density at radius 3 is 2.54 bits per heavy atom. The van der Waals surface area contributed by atoms with Crippen LogP contribution in [0.1, 0.15) is 45.1 Å². The molecule has 0 unspecified atom stereocenters. The number of piperidine rings is 1. The molecule has 1 aliphatic rings. The number of amides is 1. The van der Waals surface area contributed by atoms with Gasteiger partial charge in [-0.25, -0.2) is 0 Å². The monoisotopic (exact) mass is 395 g/mol. The largest absolute Gasteiger partial charge is 0.453 e. The molecule has 1 aliphatic heterocycles. The van der Waals surface area contributed by atoms with Gasteiger partial charge in [0.15, 0.2) is 11.5 Å². The van der Waals surface area contributed by atoms with Gasteiger partial charge in [-0.2, -0.15) is 13.2 Å². The number of carbonyl (C=O) groups is 2. The van der Waals surface area contributed by atoms with Crippen molar-refractivity contribution in [3.63, 3.8) is 0 Å². The lowest BCUT2D eigenvalue weighted by atomic mass is 9.89. The van der Waals surface area contributed by atoms with Crippen molar-refractivity contribution in [1.82, 2.24) is 4.90 Å². The molecular weight excluding hydrogens is 375 g/mol. The average Bonchev–Trinajstić information content (AvgIpc) is 3.15. The average molecular weight is 395 g/mol. The van der Waals surface area contributed by atoms with Crippen LogP contribution in [0.25, 0.3) is 0 Å². The Morgan fingerprint density at radius 1 is 1.18 bits per heavy atom. The smallest absolute Gasteiger partial charge is 0.416 e. The summed E-state index contributed by atoms with van der Waals surface area (Å²) in [6.45, 7) is 0.956. The first-order valence-corrected chi connectivity index (χ1v) is 8.88. The summed E-state index contributed by atoms with van der Waals surface area (Å²) >= 11 is 0. The molecule has 0 spiro atoms. The summed E-state index contributed by atoms with van der Waals surface area (Å²) < 4.78 is 48.5. The fraction of sp³-hybridized carbons (Fsp3) is 0.400. The van der Waals surface area contributed by atoms with E-state index in [1.807, 2.05) is 0 Å². The third-order valence-corrected chi connectivity index (χ3v) is 4.74. The fourth-order valence-electron chi connectivity index (χ4n) is 3.30. The number of alkyl halides is 3. The summed E-state index contributed by atoms with van der Waals surface area (Å²) in [5.74, 6) is -0.323. The van der Waals surface area contributed by atoms with Crippen molar-refractivity contribution >= 4 is 11.7 Å². The molecule has 28 heavy (non-hydrogen) atoms. The van der Waals surface area contributed by atoms with E-state index in [1.54, 1.807) is 17.0 Å². The number of likely N-dealkylation sites (tertiary alicyclic amines) is 1. The molecule has 0 radical (unpaired) electrons. The maximum atomic E-state index is 12.7. The summed E-state index contributed by atoms with van der Waals surface area (Å²) in [7, 11) is 1.52. The van der Waals surface area contributed by atoms with Crippen LogP contribution in [-0.4, -0.2) is 36.8 Å². The van der Waals surface area contributed by atoms with E-state index in [1.165, 1.54) is 19.2 Å². The minimum atomic E-state index is -4.44. The van der Waals surface area contributed by atoms with Crippen molar-refractivity contribution in [2.24, 2.45) is 5.92 Å². The Kier molecular flexibility index (Phi) is 5.88. The second-order valence-corrected chi connectivity index (χ2v) is 6.73. The molecule has 2 aromatic rings. The summed E-state index contributed by atoms with van der Waals surface area (Å²) in [4.78, 5) is 26.9. The molecule has 1 amide bonds. The van der Waals surface area contributed by atoms with E-state index in [0.29, 0.717) is 25.1 Å². The zero-order valence-corrected chi connectivity index (χ0v) is 15.3. The van der Waals surface area contributed by atoms with Gasteiger partial charge in [-0.1, -0.05) is 12.1 Å². The van der Waals surface area contributed by atoms with Gasteiger partial charge in [-0.15, -0.1) is 0 Å². The summed E-state index contributed by atoms with van der Waals surface area (Å²) in [5, 5.41) is 0. The van der Waals surface area contributed by atoms with Gasteiger partial charge in [0.05, 0.1) is 5.56 Å². The van der Waals surface area contributed by atoms with Crippen molar-refractivity contribution in [2.75, 3.05) is 20.2 Å². The third-order valence-electron chi connectivity index (χ3n) is 4.74. The lowest BCUT2D eigenvalue weighted by molar-refractivity contribution is -0.137. The van der Waals surface area contributed by atoms with Crippen LogP contribution in [0.5, 0.6) is 0 Å². The van der Waals surface area contributed by atoms with Crippen molar-refractivity contribution in [3.8, 4) is 0 Å². The van der Waals surface area contributed by atoms with Crippen LogP contribution in [0, 0.1) is 5.92 Å². The lowest BCUT2D eigenvalue weighted by Crippen LogP contribution is -2.42. The quantitative estimate of drug-likeness (QED) is 0.713. The second kappa shape index (κ2) is 8.18. The van der Waals surface area contributed by atoms with Gasteiger partial charge in [0.25, 0.3) is 5.91 Å². The minimum Gasteiger partial charge on any atom is -0.453 e. The first kappa shape index (κ1) is 20.1. The van der Waals surface area contributed by atoms with Crippen LogP contribution in [0.2, 0.25) is 0 Å². The van der Waals surface area contributed by atoms with Crippen LogP contribution in [0.3, 0.4) is 0 Å². The van der Waals surface area contributed by atoms with Crippen molar-refractivity contribution in [2.45, 2.75) is 25.6 Å². The first-order chi connectivity index (χ1) is 13.3. The summed E-state index contributed by atoms with van der Waals surface area (Å²) in [5.41, 5.74) is -0.582. The number of benzene rings is 1. The third kappa shape index (κ3) is 4.44. The molecule has 1 atom stereocenters. The zero-order chi connectivity index (χ0) is 20.3. The molecule has 5 nitrogen and oxygen atoms in total. The molecule has 0 aliphatic carbocycles. The Bertz CT molecular complexity index is 842. The molecule has 150 valence electrons. The van der Waals surface area contributed by atoms with E-state index < -0.39 is 17.7 Å². The highest BCUT2D eigenvalue weighted by atomic mass is 19.4. The zero-order valence-electron chi connectivity index (χ0n) is 15.3. The van der Waals surface area contributed by atoms with Gasteiger partial charge in [-0.3, -0.25) is 9.59 Å². The van der Waals surface area contributed by atoms with Gasteiger partial charge in [-0.05, 0) is 37.1 Å². The Balaban J connectivity index is 1.68. The number of methoxy groups -OCH3 is 1. The highest BCUT2D eigenvalue weighted by Gasteiger charge is 2.32. The Hall–Kier alpha value is -2.61. The summed E-state index contributed by atoms with van der Waals surface area (Å²) in [6.07, 6.45) is -3.23. The van der Waals surface area contributed by atoms with Crippen molar-refractivity contribution < 1.29 is 31.9 Å². The van der Waals surface area contributed by atoms with Gasteiger partial charge in [0, 0.05) is 31.7 Å². The summed E-state index contributed by atoms with van der Waals surface area (Å²) in [6, 6.07) is 7.41. The van der Waals surface area contributed by atoms with E-state index in [-0.39, 0.29) is 36.2 Å². The molecule has 0 N–H and O–H groups in total. The highest BCUT2D eigenvalue weighted by molar-refractivity contribution is 5.99. The molecule has 3 rings (SSSR count). The number of ketones is 1. The van der Waals surface area contributed by atoms with Crippen LogP contribution < -0.4 is 0 Å². The number of Topliss-reactive ketones (excluding diaryl/α,β-unsaturated/α-hetero) is 1. The minimum absolute atomic E-state index is 0.176. The van der Waals surface area contributed by atoms with Gasteiger partial charge < -0.3 is 14.1 Å². The molecular formula is C20H20F3NO4. The maximum Gasteiger partial charge on any atom is 0.416 e. The highest BCUT2D eigenvalue weighted by Crippen LogP contribution is 2.30. The predicted octanol–water partition coefficient (Wildman–Crippen LogP) is 4.18. The number of carbonyl (C=O) groups excluding carboxylic acids is 2. The van der Waals surface area contributed by atoms with Gasteiger partial charge in [0.2, 0.25) is 0 Å². The standard InChI is InChI=1S/C20H20F3NO4/c1-27-12-16-8-9-17(28-16)19(26)24-10-2-3-14(11-24)18(25)13-4-6-15(7-5-13)20(21,22)23/h4-9,14H,2-3,10-12H2,1H3/t14-/m0/s1. The van der Waals surface area contributed by atoms with Crippen LogP contribution in [0.15, 0.2) is 40.8 Å². The van der Waals surface area contributed by atoms with Gasteiger partial charge in [0.1, 0.15) is 12.4 Å². The first-order valence-electron chi connectivity index (χ1n) is 8.88. The van der Waals surface area contributed by atoms with Crippen LogP contribution in [0.4, 0.5) is 13.2 Å². The molecule has 0 bridgehead atoms. The van der Waals surface area contributed by atoms with E-state index >= 15 is 0 Å². The van der Waals surface area contributed by atoms with E-state index in [4.69, 9.17) is 9.15 Å². The number of hydrogen-bond donors (Lipinski definition) is 0. The molecule has 1 fully saturated rings.